The van der Waals surface area contributed by atoms with Gasteiger partial charge in [0.15, 0.2) is 11.4 Å². The van der Waals surface area contributed by atoms with Gasteiger partial charge in [0.05, 0.1) is 0 Å². The number of amides is 3. The van der Waals surface area contributed by atoms with Crippen molar-refractivity contribution >= 4 is 40.6 Å². The number of halogens is 2. The first-order valence-electron chi connectivity index (χ1n) is 10.6. The quantitative estimate of drug-likeness (QED) is 0.181. The molecule has 0 saturated carbocycles. The summed E-state index contributed by atoms with van der Waals surface area (Å²) in [5, 5.41) is 2.70. The highest BCUT2D eigenvalue weighted by molar-refractivity contribution is 6.01. The average Bonchev–Trinajstić information content (AvgIpc) is 3.11. The zero-order valence-electron chi connectivity index (χ0n) is 18.5. The predicted octanol–water partition coefficient (Wildman–Crippen LogP) is 1.89. The van der Waals surface area contributed by atoms with Gasteiger partial charge in [-0.25, -0.2) is 14.0 Å². The summed E-state index contributed by atoms with van der Waals surface area (Å²) in [7, 11) is 0. The maximum atomic E-state index is 14.4. The van der Waals surface area contributed by atoms with E-state index < -0.39 is 63.8 Å². The number of benzene rings is 1. The number of nitrogens with one attached hydrogen (secondary N) is 1. The van der Waals surface area contributed by atoms with E-state index in [0.717, 1.165) is 19.1 Å². The number of imide groups is 1. The molecule has 2 heterocycles. The number of hydrogen-bond donors (Lipinski definition) is 1. The Labute approximate surface area is 195 Å². The van der Waals surface area contributed by atoms with Gasteiger partial charge >= 0.3 is 17.6 Å². The van der Waals surface area contributed by atoms with Crippen LogP contribution in [0.4, 0.5) is 8.78 Å². The highest BCUT2D eigenvalue weighted by atomic mass is 19.1. The minimum atomic E-state index is -1.39. The molecule has 1 aromatic carbocycles. The SMILES string of the molecule is CC(=O)Oc1c(F)cc2cc(C(=O)NCCCCCC(=O)ON3C(=O)CCC3=O)c(=O)oc2c1F. The van der Waals surface area contributed by atoms with Crippen molar-refractivity contribution in [1.82, 2.24) is 10.4 Å². The fourth-order valence-corrected chi connectivity index (χ4v) is 3.24. The number of hydrogen-bond acceptors (Lipinski definition) is 9. The Bertz CT molecular complexity index is 1260. The molecule has 35 heavy (non-hydrogen) atoms. The van der Waals surface area contributed by atoms with Crippen molar-refractivity contribution in [3.8, 4) is 5.75 Å². The molecule has 1 aromatic heterocycles. The lowest BCUT2D eigenvalue weighted by molar-refractivity contribution is -0.197. The fraction of sp³-hybridized carbons (Fsp3) is 0.364. The number of carbonyl (C=O) groups is 5. The van der Waals surface area contributed by atoms with E-state index in [2.05, 4.69) is 10.1 Å². The van der Waals surface area contributed by atoms with Gasteiger partial charge < -0.3 is 19.3 Å². The van der Waals surface area contributed by atoms with Gasteiger partial charge in [0.2, 0.25) is 11.6 Å². The second-order valence-corrected chi connectivity index (χ2v) is 7.57. The topological polar surface area (TPSA) is 149 Å². The van der Waals surface area contributed by atoms with Crippen LogP contribution >= 0.6 is 0 Å². The second kappa shape index (κ2) is 10.8. The minimum absolute atomic E-state index is 0.000568. The Morgan fingerprint density at radius 1 is 1.06 bits per heavy atom. The molecule has 1 saturated heterocycles. The maximum absolute atomic E-state index is 14.4. The van der Waals surface area contributed by atoms with E-state index in [1.807, 2.05) is 0 Å². The van der Waals surface area contributed by atoms with Crippen LogP contribution in [-0.2, 0) is 24.0 Å². The summed E-state index contributed by atoms with van der Waals surface area (Å²) in [5.74, 6) is -7.32. The number of fused-ring (bicyclic) bond motifs is 1. The van der Waals surface area contributed by atoms with E-state index in [-0.39, 0.29) is 31.2 Å². The standard InChI is InChI=1S/C22H20F2N2O9/c1-11(27)33-20-14(23)10-12-9-13(22(32)34-19(12)18(20)24)21(31)25-8-4-2-3-5-17(30)35-26-15(28)6-7-16(26)29/h9-10H,2-8H2,1H3,(H,25,31). The smallest absolute Gasteiger partial charge is 0.349 e. The highest BCUT2D eigenvalue weighted by Crippen LogP contribution is 2.29. The van der Waals surface area contributed by atoms with Crippen LogP contribution in [-0.4, -0.2) is 41.3 Å². The third kappa shape index (κ3) is 6.05. The number of nitrogens with zero attached hydrogens (tertiary/aromatic N) is 1. The lowest BCUT2D eigenvalue weighted by Crippen LogP contribution is -2.32. The van der Waals surface area contributed by atoms with Crippen molar-refractivity contribution in [2.75, 3.05) is 6.54 Å². The molecule has 1 aliphatic rings. The summed E-state index contributed by atoms with van der Waals surface area (Å²) in [5.41, 5.74) is -2.34. The van der Waals surface area contributed by atoms with Crippen LogP contribution < -0.4 is 15.7 Å². The summed E-state index contributed by atoms with van der Waals surface area (Å²) >= 11 is 0. The van der Waals surface area contributed by atoms with Gasteiger partial charge in [-0.3, -0.25) is 19.2 Å². The highest BCUT2D eigenvalue weighted by Gasteiger charge is 2.32. The molecule has 0 spiro atoms. The Morgan fingerprint density at radius 2 is 1.74 bits per heavy atom. The maximum Gasteiger partial charge on any atom is 0.349 e. The number of rotatable bonds is 9. The Hall–Kier alpha value is -4.16. The largest absolute Gasteiger partial charge is 0.420 e. The molecule has 0 aliphatic carbocycles. The van der Waals surface area contributed by atoms with E-state index in [4.69, 9.17) is 9.25 Å². The Morgan fingerprint density at radius 3 is 2.40 bits per heavy atom. The second-order valence-electron chi connectivity index (χ2n) is 7.57. The lowest BCUT2D eigenvalue weighted by atomic mass is 10.1. The lowest BCUT2D eigenvalue weighted by Gasteiger charge is -2.12. The van der Waals surface area contributed by atoms with Crippen LogP contribution in [0.15, 0.2) is 21.3 Å². The van der Waals surface area contributed by atoms with E-state index in [1.165, 1.54) is 0 Å². The Kier molecular flexibility index (Phi) is 7.89. The van der Waals surface area contributed by atoms with Crippen LogP contribution in [0.25, 0.3) is 11.0 Å². The first kappa shape index (κ1) is 25.5. The number of hydroxylamine groups is 2. The van der Waals surface area contributed by atoms with Crippen molar-refractivity contribution in [1.29, 1.82) is 0 Å². The summed E-state index contributed by atoms with van der Waals surface area (Å²) in [6, 6.07) is 1.72. The first-order valence-corrected chi connectivity index (χ1v) is 10.6. The monoisotopic (exact) mass is 494 g/mol. The predicted molar refractivity (Wildman–Crippen MR) is 112 cm³/mol. The zero-order valence-corrected chi connectivity index (χ0v) is 18.5. The van der Waals surface area contributed by atoms with Gasteiger partial charge in [-0.05, 0) is 25.0 Å². The van der Waals surface area contributed by atoms with E-state index in [1.54, 1.807) is 0 Å². The van der Waals surface area contributed by atoms with E-state index in [9.17, 15) is 37.5 Å². The number of carbonyl (C=O) groups excluding carboxylic acids is 5. The number of ether oxygens (including phenoxy) is 1. The van der Waals surface area contributed by atoms with Crippen LogP contribution in [0, 0.1) is 11.6 Å². The molecule has 0 atom stereocenters. The van der Waals surface area contributed by atoms with Crippen LogP contribution in [0.3, 0.4) is 0 Å². The van der Waals surface area contributed by atoms with Gasteiger partial charge in [-0.1, -0.05) is 6.42 Å². The molecular weight excluding hydrogens is 474 g/mol. The molecule has 0 radical (unpaired) electrons. The van der Waals surface area contributed by atoms with Crippen molar-refractivity contribution in [3.05, 3.63) is 39.8 Å². The third-order valence-corrected chi connectivity index (χ3v) is 4.91. The average molecular weight is 494 g/mol. The number of unbranched alkanes of at least 4 members (excludes halogenated alkanes) is 2. The number of esters is 1. The summed E-state index contributed by atoms with van der Waals surface area (Å²) < 4.78 is 37.8. The molecular formula is C22H20F2N2O9. The third-order valence-electron chi connectivity index (χ3n) is 4.91. The fourth-order valence-electron chi connectivity index (χ4n) is 3.24. The summed E-state index contributed by atoms with van der Waals surface area (Å²) in [4.78, 5) is 74.7. The van der Waals surface area contributed by atoms with Crippen molar-refractivity contribution in [2.24, 2.45) is 0 Å². The van der Waals surface area contributed by atoms with Crippen LogP contribution in [0.2, 0.25) is 0 Å². The molecule has 186 valence electrons. The molecule has 11 nitrogen and oxygen atoms in total. The van der Waals surface area contributed by atoms with Gasteiger partial charge in [-0.15, -0.1) is 5.06 Å². The molecule has 13 heteroatoms. The molecule has 0 bridgehead atoms. The van der Waals surface area contributed by atoms with Crippen LogP contribution in [0.1, 0.15) is 55.8 Å². The van der Waals surface area contributed by atoms with Gasteiger partial charge in [0.25, 0.3) is 17.7 Å². The summed E-state index contributed by atoms with van der Waals surface area (Å²) in [6.45, 7) is 1.06. The van der Waals surface area contributed by atoms with Gasteiger partial charge in [-0.2, -0.15) is 4.39 Å². The first-order chi connectivity index (χ1) is 16.6. The normalized spacial score (nSPS) is 13.3. The van der Waals surface area contributed by atoms with Crippen molar-refractivity contribution in [3.63, 3.8) is 0 Å². The van der Waals surface area contributed by atoms with Crippen molar-refractivity contribution < 1.29 is 46.7 Å². The summed E-state index contributed by atoms with van der Waals surface area (Å²) in [6.07, 6.45) is 1.19. The molecule has 1 fully saturated rings. The minimum Gasteiger partial charge on any atom is -0.420 e. The van der Waals surface area contributed by atoms with Gasteiger partial charge in [0.1, 0.15) is 5.56 Å². The molecule has 0 unspecified atom stereocenters. The Balaban J connectivity index is 1.51. The zero-order chi connectivity index (χ0) is 25.7. The van der Waals surface area contributed by atoms with Gasteiger partial charge in [0, 0.05) is 38.1 Å². The molecule has 1 N–H and O–H groups in total. The van der Waals surface area contributed by atoms with E-state index in [0.29, 0.717) is 24.3 Å². The van der Waals surface area contributed by atoms with Crippen LogP contribution in [0.5, 0.6) is 5.75 Å². The molecule has 3 amide bonds. The molecule has 2 aromatic rings. The van der Waals surface area contributed by atoms with E-state index >= 15 is 0 Å². The van der Waals surface area contributed by atoms with Crippen molar-refractivity contribution in [2.45, 2.75) is 45.4 Å². The molecule has 3 rings (SSSR count). The molecule has 1 aliphatic heterocycles.